The summed E-state index contributed by atoms with van der Waals surface area (Å²) in [4.78, 5) is 22.5. The van der Waals surface area contributed by atoms with Crippen molar-refractivity contribution in [3.63, 3.8) is 0 Å². The highest BCUT2D eigenvalue weighted by Gasteiger charge is 2.33. The molecule has 1 aliphatic rings. The molecule has 1 amide bonds. The number of hydrogen-bond donors (Lipinski definition) is 2. The molecular weight excluding hydrogens is 469 g/mol. The van der Waals surface area contributed by atoms with Gasteiger partial charge in [-0.05, 0) is 43.2 Å². The molecule has 2 aromatic carbocycles. The lowest BCUT2D eigenvalue weighted by Gasteiger charge is -2.18. The maximum Gasteiger partial charge on any atom is 0.416 e. The highest BCUT2D eigenvalue weighted by Crippen LogP contribution is 2.35. The number of hydrogen-bond acceptors (Lipinski definition) is 7. The molecule has 0 bridgehead atoms. The Morgan fingerprint density at radius 3 is 2.39 bits per heavy atom. The van der Waals surface area contributed by atoms with E-state index in [-0.39, 0.29) is 21.9 Å². The Kier molecular flexibility index (Phi) is 6.78. The summed E-state index contributed by atoms with van der Waals surface area (Å²) in [5.74, 6) is -0.838. The zero-order valence-corrected chi connectivity index (χ0v) is 18.0. The van der Waals surface area contributed by atoms with Crippen molar-refractivity contribution in [3.05, 3.63) is 57.6 Å². The first kappa shape index (κ1) is 24.3. The summed E-state index contributed by atoms with van der Waals surface area (Å²) >= 11 is 0. The van der Waals surface area contributed by atoms with Crippen LogP contribution in [0.4, 0.5) is 24.5 Å². The van der Waals surface area contributed by atoms with Crippen LogP contribution in [0.25, 0.3) is 0 Å². The molecular formula is C19H19F3N4O6S. The number of nitro benzene ring substituents is 1. The number of nitro groups is 1. The molecule has 0 aliphatic carbocycles. The third kappa shape index (κ3) is 5.17. The van der Waals surface area contributed by atoms with Gasteiger partial charge in [-0.3, -0.25) is 25.8 Å². The number of ether oxygens (including phenoxy) is 1. The van der Waals surface area contributed by atoms with Gasteiger partial charge in [0, 0.05) is 24.7 Å². The second kappa shape index (κ2) is 9.23. The number of carbonyl (C=O) groups is 1. The van der Waals surface area contributed by atoms with E-state index in [1.807, 2.05) is 0 Å². The van der Waals surface area contributed by atoms with Crippen LogP contribution in [0.2, 0.25) is 0 Å². The van der Waals surface area contributed by atoms with Crippen LogP contribution in [-0.2, 0) is 16.2 Å². The number of anilines is 1. The van der Waals surface area contributed by atoms with Crippen LogP contribution < -0.4 is 15.6 Å². The Hall–Kier alpha value is -3.39. The first-order valence-corrected chi connectivity index (χ1v) is 11.0. The summed E-state index contributed by atoms with van der Waals surface area (Å²) in [5, 5.41) is 11.2. The number of benzene rings is 2. The van der Waals surface area contributed by atoms with E-state index < -0.39 is 38.3 Å². The minimum Gasteiger partial charge on any atom is -0.495 e. The average Bonchev–Trinajstić information content (AvgIpc) is 3.32. The van der Waals surface area contributed by atoms with Crippen LogP contribution in [-0.4, -0.2) is 43.8 Å². The normalized spacial score (nSPS) is 14.7. The molecule has 2 aromatic rings. The van der Waals surface area contributed by atoms with Gasteiger partial charge in [0.2, 0.25) is 10.0 Å². The van der Waals surface area contributed by atoms with Crippen LogP contribution in [0.3, 0.4) is 0 Å². The van der Waals surface area contributed by atoms with Crippen molar-refractivity contribution in [2.45, 2.75) is 23.9 Å². The fourth-order valence-corrected chi connectivity index (χ4v) is 4.95. The molecule has 1 aliphatic heterocycles. The predicted molar refractivity (Wildman–Crippen MR) is 110 cm³/mol. The Balaban J connectivity index is 1.85. The van der Waals surface area contributed by atoms with Crippen molar-refractivity contribution >= 4 is 27.3 Å². The molecule has 0 unspecified atom stereocenters. The zero-order chi connectivity index (χ0) is 24.4. The molecule has 0 atom stereocenters. The smallest absolute Gasteiger partial charge is 0.416 e. The van der Waals surface area contributed by atoms with E-state index in [9.17, 15) is 36.5 Å². The van der Waals surface area contributed by atoms with Crippen molar-refractivity contribution in [1.82, 2.24) is 9.73 Å². The topological polar surface area (TPSA) is 131 Å². The number of carbonyl (C=O) groups excluding carboxylic acids is 1. The maximum atomic E-state index is 12.9. The van der Waals surface area contributed by atoms with Gasteiger partial charge in [0.15, 0.2) is 0 Å². The van der Waals surface area contributed by atoms with Crippen molar-refractivity contribution in [2.75, 3.05) is 25.6 Å². The van der Waals surface area contributed by atoms with Crippen LogP contribution in [0.1, 0.15) is 28.8 Å². The summed E-state index contributed by atoms with van der Waals surface area (Å²) in [6, 6.07) is 5.43. The number of amides is 1. The summed E-state index contributed by atoms with van der Waals surface area (Å²) in [6.07, 6.45) is -3.37. The number of hydrazine groups is 1. The first-order chi connectivity index (χ1) is 15.4. The number of methoxy groups -OCH3 is 1. The molecule has 2 N–H and O–H groups in total. The van der Waals surface area contributed by atoms with Gasteiger partial charge in [-0.2, -0.15) is 17.5 Å². The fraction of sp³-hybridized carbons (Fsp3) is 0.316. The number of sulfonamides is 1. The van der Waals surface area contributed by atoms with Gasteiger partial charge < -0.3 is 4.74 Å². The summed E-state index contributed by atoms with van der Waals surface area (Å²) < 4.78 is 70.7. The SMILES string of the molecule is COc1ccc(C(=O)NNc2ccc(C(F)(F)F)cc2[N+](=O)[O-])cc1S(=O)(=O)N1CCCC1. The largest absolute Gasteiger partial charge is 0.495 e. The van der Waals surface area contributed by atoms with Crippen molar-refractivity contribution in [3.8, 4) is 5.75 Å². The number of nitrogens with one attached hydrogen (secondary N) is 2. The molecule has 0 radical (unpaired) electrons. The van der Waals surface area contributed by atoms with E-state index >= 15 is 0 Å². The van der Waals surface area contributed by atoms with E-state index in [4.69, 9.17) is 4.74 Å². The highest BCUT2D eigenvalue weighted by molar-refractivity contribution is 7.89. The Morgan fingerprint density at radius 2 is 1.82 bits per heavy atom. The highest BCUT2D eigenvalue weighted by atomic mass is 32.2. The predicted octanol–water partition coefficient (Wildman–Crippen LogP) is 3.16. The minimum absolute atomic E-state index is 0.0322. The summed E-state index contributed by atoms with van der Waals surface area (Å²) in [6.45, 7) is 0.669. The fourth-order valence-electron chi connectivity index (χ4n) is 3.25. The van der Waals surface area contributed by atoms with Crippen LogP contribution in [0.5, 0.6) is 5.75 Å². The van der Waals surface area contributed by atoms with Crippen LogP contribution in [0, 0.1) is 10.1 Å². The third-order valence-corrected chi connectivity index (χ3v) is 6.86. The molecule has 14 heteroatoms. The monoisotopic (exact) mass is 488 g/mol. The summed E-state index contributed by atoms with van der Waals surface area (Å²) in [5.41, 5.74) is 1.71. The molecule has 3 rings (SSSR count). The number of alkyl halides is 3. The standard InChI is InChI=1S/C19H19F3N4O6S/c1-32-16-7-4-12(10-17(16)33(30,31)25-8-2-3-9-25)18(27)24-23-14-6-5-13(19(20,21)22)11-15(14)26(28)29/h4-7,10-11,23H,2-3,8-9H2,1H3,(H,24,27). The van der Waals surface area contributed by atoms with E-state index in [1.54, 1.807) is 0 Å². The number of halogens is 3. The minimum atomic E-state index is -4.78. The lowest BCUT2D eigenvalue weighted by atomic mass is 10.1. The number of nitrogens with zero attached hydrogens (tertiary/aromatic N) is 2. The van der Waals surface area contributed by atoms with Gasteiger partial charge in [0.25, 0.3) is 11.6 Å². The summed E-state index contributed by atoms with van der Waals surface area (Å²) in [7, 11) is -2.65. The second-order valence-corrected chi connectivity index (χ2v) is 8.95. The molecule has 33 heavy (non-hydrogen) atoms. The first-order valence-electron chi connectivity index (χ1n) is 9.55. The van der Waals surface area contributed by atoms with Crippen molar-refractivity contribution in [1.29, 1.82) is 0 Å². The Labute approximate surface area is 186 Å². The molecule has 178 valence electrons. The molecule has 10 nitrogen and oxygen atoms in total. The van der Waals surface area contributed by atoms with E-state index in [0.29, 0.717) is 38.1 Å². The van der Waals surface area contributed by atoms with Gasteiger partial charge in [-0.1, -0.05) is 0 Å². The van der Waals surface area contributed by atoms with E-state index in [0.717, 1.165) is 12.1 Å². The Morgan fingerprint density at radius 1 is 1.15 bits per heavy atom. The van der Waals surface area contributed by atoms with Gasteiger partial charge in [0.05, 0.1) is 17.6 Å². The van der Waals surface area contributed by atoms with E-state index in [1.165, 1.54) is 23.5 Å². The quantitative estimate of drug-likeness (QED) is 0.452. The molecule has 0 spiro atoms. The van der Waals surface area contributed by atoms with Crippen LogP contribution in [0.15, 0.2) is 41.3 Å². The Bertz CT molecular complexity index is 1180. The zero-order valence-electron chi connectivity index (χ0n) is 17.2. The maximum absolute atomic E-state index is 12.9. The molecule has 1 fully saturated rings. The lowest BCUT2D eigenvalue weighted by Crippen LogP contribution is -2.31. The molecule has 0 saturated carbocycles. The van der Waals surface area contributed by atoms with Gasteiger partial charge >= 0.3 is 6.18 Å². The van der Waals surface area contributed by atoms with Gasteiger partial charge in [-0.15, -0.1) is 0 Å². The average molecular weight is 488 g/mol. The van der Waals surface area contributed by atoms with Gasteiger partial charge in [-0.25, -0.2) is 8.42 Å². The van der Waals surface area contributed by atoms with Crippen molar-refractivity contribution < 1.29 is 36.0 Å². The van der Waals surface area contributed by atoms with Crippen LogP contribution >= 0.6 is 0 Å². The lowest BCUT2D eigenvalue weighted by molar-refractivity contribution is -0.384. The molecule has 1 heterocycles. The van der Waals surface area contributed by atoms with Crippen molar-refractivity contribution in [2.24, 2.45) is 0 Å². The number of rotatable bonds is 7. The van der Waals surface area contributed by atoms with E-state index in [2.05, 4.69) is 10.9 Å². The van der Waals surface area contributed by atoms with Gasteiger partial charge in [0.1, 0.15) is 16.3 Å². The second-order valence-electron chi connectivity index (χ2n) is 7.04. The molecule has 0 aromatic heterocycles. The third-order valence-electron chi connectivity index (χ3n) is 4.94. The molecule has 1 saturated heterocycles.